The molecule has 0 N–H and O–H groups in total. The van der Waals surface area contributed by atoms with Crippen LogP contribution in [0, 0.1) is 12.8 Å². The zero-order chi connectivity index (χ0) is 20.7. The molecule has 2 aliphatic heterocycles. The molecule has 2 aliphatic rings. The van der Waals surface area contributed by atoms with Crippen molar-refractivity contribution >= 4 is 10.1 Å². The van der Waals surface area contributed by atoms with E-state index in [0.29, 0.717) is 0 Å². The van der Waals surface area contributed by atoms with Gasteiger partial charge in [-0.2, -0.15) is 8.42 Å². The topological polar surface area (TPSA) is 80.3 Å². The Morgan fingerprint density at radius 3 is 2.43 bits per heavy atom. The Kier molecular flexibility index (Phi) is 5.75. The number of hydrogen-bond donors (Lipinski definition) is 0. The van der Waals surface area contributed by atoms with Gasteiger partial charge in [-0.15, -0.1) is 6.58 Å². The van der Waals surface area contributed by atoms with Crippen molar-refractivity contribution in [2.24, 2.45) is 5.92 Å². The lowest BCUT2D eigenvalue weighted by Gasteiger charge is -2.38. The molecule has 1 aromatic rings. The minimum absolute atomic E-state index is 0.0836. The molecule has 2 saturated heterocycles. The average molecular weight is 413 g/mol. The molecular weight excluding hydrogens is 384 g/mol. The lowest BCUT2D eigenvalue weighted by molar-refractivity contribution is -0.253. The molecule has 0 unspecified atom stereocenters. The summed E-state index contributed by atoms with van der Waals surface area (Å²) in [7, 11) is -2.44. The monoisotopic (exact) mass is 412 g/mol. The van der Waals surface area contributed by atoms with Crippen molar-refractivity contribution in [3.05, 3.63) is 42.5 Å². The van der Waals surface area contributed by atoms with Gasteiger partial charge < -0.3 is 18.9 Å². The molecule has 8 heteroatoms. The van der Waals surface area contributed by atoms with E-state index in [4.69, 9.17) is 23.1 Å². The van der Waals surface area contributed by atoms with E-state index in [1.807, 2.05) is 13.8 Å². The summed E-state index contributed by atoms with van der Waals surface area (Å²) in [6, 6.07) is 6.47. The number of fused-ring (bicyclic) bond motifs is 1. The van der Waals surface area contributed by atoms with E-state index in [-0.39, 0.29) is 17.4 Å². The van der Waals surface area contributed by atoms with Crippen molar-refractivity contribution in [3.8, 4) is 0 Å². The molecule has 0 aromatic heterocycles. The molecule has 156 valence electrons. The van der Waals surface area contributed by atoms with Gasteiger partial charge in [0.15, 0.2) is 12.1 Å². The van der Waals surface area contributed by atoms with Crippen LogP contribution in [0.2, 0.25) is 0 Å². The Hall–Kier alpha value is -1.29. The largest absolute Gasteiger partial charge is 0.375 e. The molecular formula is C20H28O7S. The van der Waals surface area contributed by atoms with Crippen LogP contribution in [0.1, 0.15) is 26.3 Å². The van der Waals surface area contributed by atoms with Crippen LogP contribution in [0.25, 0.3) is 0 Å². The van der Waals surface area contributed by atoms with Gasteiger partial charge in [-0.3, -0.25) is 4.18 Å². The SMILES string of the molecule is C=C[C@H](C)[C@@]1(COS(=O)(=O)c2ccc(C)cc2)O[C@@H]2OC(C)(C)O[C@@H]2[C@@H]1OC. The lowest BCUT2D eigenvalue weighted by atomic mass is 9.83. The van der Waals surface area contributed by atoms with Crippen molar-refractivity contribution in [3.63, 3.8) is 0 Å². The van der Waals surface area contributed by atoms with E-state index >= 15 is 0 Å². The maximum atomic E-state index is 12.7. The highest BCUT2D eigenvalue weighted by molar-refractivity contribution is 7.86. The number of rotatable bonds is 7. The van der Waals surface area contributed by atoms with Gasteiger partial charge in [0.25, 0.3) is 10.1 Å². The Morgan fingerprint density at radius 2 is 1.86 bits per heavy atom. The third-order valence-electron chi connectivity index (χ3n) is 5.33. The summed E-state index contributed by atoms with van der Waals surface area (Å²) in [5, 5.41) is 0. The maximum Gasteiger partial charge on any atom is 0.297 e. The fraction of sp³-hybridized carbons (Fsp3) is 0.600. The lowest BCUT2D eigenvalue weighted by Crippen LogP contribution is -2.53. The second-order valence-corrected chi connectivity index (χ2v) is 9.37. The molecule has 2 heterocycles. The van der Waals surface area contributed by atoms with Crippen LogP contribution in [0.4, 0.5) is 0 Å². The fourth-order valence-electron chi connectivity index (χ4n) is 3.70. The Balaban J connectivity index is 1.87. The second-order valence-electron chi connectivity index (χ2n) is 7.75. The molecule has 0 radical (unpaired) electrons. The van der Waals surface area contributed by atoms with Gasteiger partial charge in [-0.05, 0) is 32.9 Å². The summed E-state index contributed by atoms with van der Waals surface area (Å²) in [6.07, 6.45) is -0.110. The Labute approximate surface area is 166 Å². The fourth-order valence-corrected chi connectivity index (χ4v) is 4.65. The van der Waals surface area contributed by atoms with Crippen LogP contribution in [-0.2, 0) is 33.2 Å². The first-order valence-electron chi connectivity index (χ1n) is 9.19. The average Bonchev–Trinajstić information content (AvgIpc) is 3.08. The van der Waals surface area contributed by atoms with Crippen LogP contribution >= 0.6 is 0 Å². The van der Waals surface area contributed by atoms with E-state index in [2.05, 4.69) is 6.58 Å². The molecule has 7 nitrogen and oxygen atoms in total. The molecule has 0 bridgehead atoms. The van der Waals surface area contributed by atoms with Gasteiger partial charge in [0.2, 0.25) is 0 Å². The van der Waals surface area contributed by atoms with Crippen molar-refractivity contribution in [2.75, 3.05) is 13.7 Å². The predicted molar refractivity (Wildman–Crippen MR) is 102 cm³/mol. The van der Waals surface area contributed by atoms with Crippen LogP contribution in [0.3, 0.4) is 0 Å². The van der Waals surface area contributed by atoms with Crippen LogP contribution in [0.15, 0.2) is 41.8 Å². The summed E-state index contributed by atoms with van der Waals surface area (Å²) in [4.78, 5) is 0.0836. The van der Waals surface area contributed by atoms with E-state index in [9.17, 15) is 8.42 Å². The number of aryl methyl sites for hydroxylation is 1. The van der Waals surface area contributed by atoms with Gasteiger partial charge in [0, 0.05) is 13.0 Å². The number of methoxy groups -OCH3 is 1. The first-order chi connectivity index (χ1) is 13.0. The standard InChI is InChI=1S/C20H28O7S/c1-7-14(3)20(12-24-28(21,22)15-10-8-13(2)9-11-15)17(23-6)16-18(27-20)26-19(4,5)25-16/h7-11,14,16-18H,1,12H2,2-6H3/t14-,16+,17-,18-,20+/m0/s1. The first-order valence-corrected chi connectivity index (χ1v) is 10.6. The minimum Gasteiger partial charge on any atom is -0.375 e. The number of ether oxygens (including phenoxy) is 4. The summed E-state index contributed by atoms with van der Waals surface area (Å²) in [6.45, 7) is 10.9. The summed E-state index contributed by atoms with van der Waals surface area (Å²) in [5.41, 5.74) is -0.167. The molecule has 0 aliphatic carbocycles. The third kappa shape index (κ3) is 3.77. The van der Waals surface area contributed by atoms with Crippen LogP contribution in [0.5, 0.6) is 0 Å². The minimum atomic E-state index is -3.97. The zero-order valence-corrected chi connectivity index (χ0v) is 17.7. The summed E-state index contributed by atoms with van der Waals surface area (Å²) in [5.74, 6) is -1.10. The molecule has 28 heavy (non-hydrogen) atoms. The Bertz CT molecular complexity index is 817. The highest BCUT2D eigenvalue weighted by atomic mass is 32.2. The van der Waals surface area contributed by atoms with Gasteiger partial charge >= 0.3 is 0 Å². The zero-order valence-electron chi connectivity index (χ0n) is 16.9. The van der Waals surface area contributed by atoms with Crippen molar-refractivity contribution in [1.82, 2.24) is 0 Å². The smallest absolute Gasteiger partial charge is 0.297 e. The third-order valence-corrected chi connectivity index (χ3v) is 6.61. The number of hydrogen-bond acceptors (Lipinski definition) is 7. The quantitative estimate of drug-likeness (QED) is 0.503. The van der Waals surface area contributed by atoms with Gasteiger partial charge in [0.1, 0.15) is 17.8 Å². The first kappa shape index (κ1) is 21.4. The van der Waals surface area contributed by atoms with E-state index in [0.717, 1.165) is 5.56 Å². The molecule has 2 fully saturated rings. The molecule has 0 amide bonds. The molecule has 3 rings (SSSR count). The van der Waals surface area contributed by atoms with E-state index in [1.54, 1.807) is 32.1 Å². The molecule has 0 spiro atoms. The van der Waals surface area contributed by atoms with E-state index in [1.165, 1.54) is 19.2 Å². The van der Waals surface area contributed by atoms with Crippen molar-refractivity contribution < 1.29 is 31.5 Å². The summed E-state index contributed by atoms with van der Waals surface area (Å²) < 4.78 is 54.4. The van der Waals surface area contributed by atoms with Crippen LogP contribution < -0.4 is 0 Å². The van der Waals surface area contributed by atoms with Gasteiger partial charge in [-0.25, -0.2) is 0 Å². The highest BCUT2D eigenvalue weighted by Gasteiger charge is 2.64. The maximum absolute atomic E-state index is 12.7. The van der Waals surface area contributed by atoms with Crippen molar-refractivity contribution in [1.29, 1.82) is 0 Å². The predicted octanol–water partition coefficient (Wildman–Crippen LogP) is 2.78. The second kappa shape index (κ2) is 7.51. The molecule has 0 saturated carbocycles. The van der Waals surface area contributed by atoms with E-state index < -0.39 is 40.0 Å². The highest BCUT2D eigenvalue weighted by Crippen LogP contribution is 2.47. The normalized spacial score (nSPS) is 32.8. The Morgan fingerprint density at radius 1 is 1.21 bits per heavy atom. The van der Waals surface area contributed by atoms with Crippen molar-refractivity contribution in [2.45, 2.75) is 62.5 Å². The summed E-state index contributed by atoms with van der Waals surface area (Å²) >= 11 is 0. The number of benzene rings is 1. The van der Waals surface area contributed by atoms with Gasteiger partial charge in [-0.1, -0.05) is 30.7 Å². The van der Waals surface area contributed by atoms with Gasteiger partial charge in [0.05, 0.1) is 11.5 Å². The van der Waals surface area contributed by atoms with Crippen LogP contribution in [-0.4, -0.2) is 52.0 Å². The molecule has 5 atom stereocenters. The molecule has 1 aromatic carbocycles.